The van der Waals surface area contributed by atoms with Crippen LogP contribution < -0.4 is 10.6 Å². The van der Waals surface area contributed by atoms with E-state index in [1.54, 1.807) is 0 Å². The lowest BCUT2D eigenvalue weighted by Crippen LogP contribution is -2.57. The first-order chi connectivity index (χ1) is 12.2. The number of benzene rings is 1. The Morgan fingerprint density at radius 2 is 1.92 bits per heavy atom. The Kier molecular flexibility index (Phi) is 5.41. The average Bonchev–Trinajstić information content (AvgIpc) is 3.40. The van der Waals surface area contributed by atoms with Gasteiger partial charge in [0.2, 0.25) is 0 Å². The minimum Gasteiger partial charge on any atom is -0.381 e. The molecule has 0 aromatic heterocycles. The molecule has 1 aliphatic carbocycles. The number of rotatable bonds is 7. The minimum atomic E-state index is 0.153. The summed E-state index contributed by atoms with van der Waals surface area (Å²) in [6.07, 6.45) is 6.33. The molecule has 4 heteroatoms. The van der Waals surface area contributed by atoms with Crippen LogP contribution in [0.15, 0.2) is 30.3 Å². The fourth-order valence-corrected chi connectivity index (χ4v) is 4.48. The fourth-order valence-electron chi connectivity index (χ4n) is 4.48. The van der Waals surface area contributed by atoms with Gasteiger partial charge in [0.25, 0.3) is 0 Å². The summed E-state index contributed by atoms with van der Waals surface area (Å²) in [6.45, 7) is 7.61. The molecule has 4 rings (SSSR count). The van der Waals surface area contributed by atoms with E-state index in [-0.39, 0.29) is 5.54 Å². The Morgan fingerprint density at radius 1 is 1.16 bits per heavy atom. The Hall–Kier alpha value is -0.940. The summed E-state index contributed by atoms with van der Waals surface area (Å²) >= 11 is 0. The van der Waals surface area contributed by atoms with E-state index >= 15 is 0 Å². The molecule has 2 heterocycles. The molecule has 2 atom stereocenters. The molecule has 3 aliphatic rings. The normalized spacial score (nSPS) is 28.1. The molecule has 0 unspecified atom stereocenters. The van der Waals surface area contributed by atoms with Gasteiger partial charge in [-0.3, -0.25) is 4.90 Å². The van der Waals surface area contributed by atoms with Crippen LogP contribution in [0.4, 0.5) is 0 Å². The number of hydrogen-bond donors (Lipinski definition) is 2. The molecule has 0 spiro atoms. The van der Waals surface area contributed by atoms with Gasteiger partial charge < -0.3 is 15.4 Å². The number of nitrogens with zero attached hydrogens (tertiary/aromatic N) is 1. The summed E-state index contributed by atoms with van der Waals surface area (Å²) in [5, 5.41) is 7.86. The van der Waals surface area contributed by atoms with E-state index in [0.29, 0.717) is 12.1 Å². The zero-order valence-electron chi connectivity index (χ0n) is 15.5. The molecule has 0 amide bonds. The first kappa shape index (κ1) is 17.5. The van der Waals surface area contributed by atoms with Crippen molar-refractivity contribution in [3.8, 4) is 0 Å². The van der Waals surface area contributed by atoms with Crippen LogP contribution in [-0.4, -0.2) is 55.4 Å². The van der Waals surface area contributed by atoms with E-state index in [9.17, 15) is 0 Å². The smallest absolute Gasteiger partial charge is 0.0484 e. The van der Waals surface area contributed by atoms with Gasteiger partial charge in [-0.1, -0.05) is 30.3 Å². The van der Waals surface area contributed by atoms with Crippen molar-refractivity contribution >= 4 is 0 Å². The van der Waals surface area contributed by atoms with Crippen LogP contribution in [0.1, 0.15) is 50.6 Å². The van der Waals surface area contributed by atoms with E-state index < -0.39 is 0 Å². The van der Waals surface area contributed by atoms with Crippen LogP contribution in [0.2, 0.25) is 0 Å². The highest BCUT2D eigenvalue weighted by Crippen LogP contribution is 2.30. The lowest BCUT2D eigenvalue weighted by Gasteiger charge is -2.41. The molecule has 1 aromatic rings. The summed E-state index contributed by atoms with van der Waals surface area (Å²) < 4.78 is 5.66. The molecule has 1 aromatic carbocycles. The first-order valence-electron chi connectivity index (χ1n) is 10.1. The van der Waals surface area contributed by atoms with Gasteiger partial charge in [0.1, 0.15) is 0 Å². The number of hydrogen-bond acceptors (Lipinski definition) is 4. The fraction of sp³-hybridized carbons (Fsp3) is 0.714. The van der Waals surface area contributed by atoms with Gasteiger partial charge in [0.15, 0.2) is 0 Å². The Morgan fingerprint density at radius 3 is 2.64 bits per heavy atom. The second-order valence-electron chi connectivity index (χ2n) is 8.26. The van der Waals surface area contributed by atoms with Crippen LogP contribution in [0.25, 0.3) is 0 Å². The molecular formula is C21H33N3O. The van der Waals surface area contributed by atoms with Crippen LogP contribution in [0.5, 0.6) is 0 Å². The van der Waals surface area contributed by atoms with Gasteiger partial charge in [0.05, 0.1) is 0 Å². The number of ether oxygens (including phenoxy) is 1. The molecule has 25 heavy (non-hydrogen) atoms. The van der Waals surface area contributed by atoms with Crippen LogP contribution in [-0.2, 0) is 4.74 Å². The quantitative estimate of drug-likeness (QED) is 0.798. The molecule has 2 N–H and O–H groups in total. The van der Waals surface area contributed by atoms with Crippen LogP contribution in [0.3, 0.4) is 0 Å². The third-order valence-corrected chi connectivity index (χ3v) is 6.28. The van der Waals surface area contributed by atoms with Crippen molar-refractivity contribution in [3.05, 3.63) is 35.9 Å². The van der Waals surface area contributed by atoms with Crippen molar-refractivity contribution in [3.63, 3.8) is 0 Å². The van der Waals surface area contributed by atoms with Crippen LogP contribution >= 0.6 is 0 Å². The molecule has 138 valence electrons. The third-order valence-electron chi connectivity index (χ3n) is 6.28. The van der Waals surface area contributed by atoms with Gasteiger partial charge >= 0.3 is 0 Å². The van der Waals surface area contributed by atoms with Gasteiger partial charge in [-0.2, -0.15) is 0 Å². The maximum Gasteiger partial charge on any atom is 0.0484 e. The summed E-state index contributed by atoms with van der Waals surface area (Å²) in [5.41, 5.74) is 1.52. The highest BCUT2D eigenvalue weighted by molar-refractivity contribution is 5.19. The topological polar surface area (TPSA) is 36.5 Å². The summed E-state index contributed by atoms with van der Waals surface area (Å²) in [7, 11) is 0. The van der Waals surface area contributed by atoms with E-state index in [2.05, 4.69) is 52.8 Å². The second-order valence-corrected chi connectivity index (χ2v) is 8.26. The first-order valence-corrected chi connectivity index (χ1v) is 10.1. The van der Waals surface area contributed by atoms with Crippen LogP contribution in [0, 0.1) is 0 Å². The predicted molar refractivity (Wildman–Crippen MR) is 102 cm³/mol. The van der Waals surface area contributed by atoms with E-state index in [0.717, 1.165) is 38.6 Å². The molecule has 0 radical (unpaired) electrons. The van der Waals surface area contributed by atoms with Gasteiger partial charge in [0, 0.05) is 56.5 Å². The van der Waals surface area contributed by atoms with Gasteiger partial charge in [-0.05, 0) is 44.6 Å². The van der Waals surface area contributed by atoms with Crippen molar-refractivity contribution in [1.82, 2.24) is 15.5 Å². The van der Waals surface area contributed by atoms with E-state index in [4.69, 9.17) is 4.74 Å². The zero-order chi connectivity index (χ0) is 17.1. The molecule has 3 fully saturated rings. The number of likely N-dealkylation sites (tertiary alicyclic amines) is 1. The lowest BCUT2D eigenvalue weighted by molar-refractivity contribution is 0.0328. The molecular weight excluding hydrogens is 310 g/mol. The standard InChI is InChI=1S/C21H33N3O/c1-17(18-5-3-2-4-6-18)23-21(10-13-25-14-11-21)16-22-19-9-12-24(15-19)20-7-8-20/h2-6,17,19-20,22-23H,7-16H2,1H3/t17-,19+/m0/s1. The minimum absolute atomic E-state index is 0.153. The number of nitrogens with one attached hydrogen (secondary N) is 2. The van der Waals surface area contributed by atoms with Crippen molar-refractivity contribution in [2.45, 2.75) is 62.7 Å². The van der Waals surface area contributed by atoms with Crippen molar-refractivity contribution in [2.24, 2.45) is 0 Å². The molecule has 2 aliphatic heterocycles. The summed E-state index contributed by atoms with van der Waals surface area (Å²) in [6, 6.07) is 12.7. The largest absolute Gasteiger partial charge is 0.381 e. The summed E-state index contributed by atoms with van der Waals surface area (Å²) in [5.74, 6) is 0. The SMILES string of the molecule is C[C@H](NC1(CN[C@@H]2CCN(C3CC3)C2)CCOCC1)c1ccccc1. The Bertz CT molecular complexity index is 539. The highest BCUT2D eigenvalue weighted by Gasteiger charge is 2.37. The lowest BCUT2D eigenvalue weighted by atomic mass is 9.88. The summed E-state index contributed by atoms with van der Waals surface area (Å²) in [4.78, 5) is 2.69. The highest BCUT2D eigenvalue weighted by atomic mass is 16.5. The maximum absolute atomic E-state index is 5.66. The average molecular weight is 344 g/mol. The Balaban J connectivity index is 1.35. The Labute approximate surface area is 152 Å². The van der Waals surface area contributed by atoms with E-state index in [1.807, 2.05) is 0 Å². The monoisotopic (exact) mass is 343 g/mol. The second kappa shape index (κ2) is 7.75. The zero-order valence-corrected chi connectivity index (χ0v) is 15.5. The third kappa shape index (κ3) is 4.43. The van der Waals surface area contributed by atoms with Crippen molar-refractivity contribution in [2.75, 3.05) is 32.8 Å². The maximum atomic E-state index is 5.66. The van der Waals surface area contributed by atoms with E-state index in [1.165, 1.54) is 37.9 Å². The molecule has 2 saturated heterocycles. The molecule has 4 nitrogen and oxygen atoms in total. The van der Waals surface area contributed by atoms with Gasteiger partial charge in [-0.25, -0.2) is 0 Å². The molecule has 1 saturated carbocycles. The van der Waals surface area contributed by atoms with Gasteiger partial charge in [-0.15, -0.1) is 0 Å². The van der Waals surface area contributed by atoms with Crippen molar-refractivity contribution < 1.29 is 4.74 Å². The predicted octanol–water partition coefficient (Wildman–Crippen LogP) is 2.71. The van der Waals surface area contributed by atoms with Crippen molar-refractivity contribution in [1.29, 1.82) is 0 Å². The molecule has 0 bridgehead atoms.